The Kier molecular flexibility index (Phi) is 3.73. The summed E-state index contributed by atoms with van der Waals surface area (Å²) in [6.45, 7) is 1.93. The molecule has 3 N–H and O–H groups in total. The lowest BCUT2D eigenvalue weighted by molar-refractivity contribution is 0.386. The molecule has 0 aliphatic carbocycles. The van der Waals surface area contributed by atoms with Gasteiger partial charge in [-0.2, -0.15) is 19.3 Å². The molecule has 0 aliphatic rings. The van der Waals surface area contributed by atoms with Crippen molar-refractivity contribution in [1.29, 1.82) is 0 Å². The number of benzene rings is 1. The number of nitrogen functional groups attached to an aromatic ring is 1. The monoisotopic (exact) mass is 301 g/mol. The number of anilines is 3. The van der Waals surface area contributed by atoms with Gasteiger partial charge in [0, 0.05) is 5.69 Å². The summed E-state index contributed by atoms with van der Waals surface area (Å²) in [6.07, 6.45) is 0. The highest BCUT2D eigenvalue weighted by Crippen LogP contribution is 2.33. The zero-order valence-electron chi connectivity index (χ0n) is 9.86. The van der Waals surface area contributed by atoms with Gasteiger partial charge in [0.05, 0.1) is 0 Å². The molecular formula is C11H10Cl2FN5. The first kappa shape index (κ1) is 13.8. The van der Waals surface area contributed by atoms with Gasteiger partial charge in [0.15, 0.2) is 0 Å². The van der Waals surface area contributed by atoms with Gasteiger partial charge in [-0.15, -0.1) is 0 Å². The summed E-state index contributed by atoms with van der Waals surface area (Å²) in [4.78, 5) is 11.2. The maximum Gasteiger partial charge on any atom is 0.317 e. The number of aromatic nitrogens is 3. The van der Waals surface area contributed by atoms with Crippen LogP contribution < -0.4 is 11.1 Å². The predicted molar refractivity (Wildman–Crippen MR) is 73.2 cm³/mol. The Morgan fingerprint density at radius 1 is 1.26 bits per heavy atom. The molecule has 1 aromatic heterocycles. The molecule has 0 saturated carbocycles. The van der Waals surface area contributed by atoms with Crippen molar-refractivity contribution < 1.29 is 4.39 Å². The molecule has 0 fully saturated rings. The molecule has 8 heteroatoms. The minimum Gasteiger partial charge on any atom is -0.368 e. The molecule has 0 spiro atoms. The molecule has 0 saturated heterocycles. The molecule has 100 valence electrons. The van der Waals surface area contributed by atoms with E-state index in [-0.39, 0.29) is 11.9 Å². The third kappa shape index (κ3) is 3.65. The maximum atomic E-state index is 13.4. The number of alkyl halides is 3. The van der Waals surface area contributed by atoms with Gasteiger partial charge in [0.1, 0.15) is 0 Å². The van der Waals surface area contributed by atoms with Crippen LogP contribution in [0, 0.1) is 6.92 Å². The molecule has 1 heterocycles. The second-order valence-corrected chi connectivity index (χ2v) is 5.07. The van der Waals surface area contributed by atoms with Gasteiger partial charge < -0.3 is 11.1 Å². The molecular weight excluding hydrogens is 292 g/mol. The SMILES string of the molecule is Cc1cccc(Nc2nc(N)nc(C(F)(Cl)Cl)n2)c1. The second-order valence-electron chi connectivity index (χ2n) is 3.83. The van der Waals surface area contributed by atoms with E-state index in [1.54, 1.807) is 6.07 Å². The van der Waals surface area contributed by atoms with Gasteiger partial charge in [-0.3, -0.25) is 0 Å². The van der Waals surface area contributed by atoms with Crippen molar-refractivity contribution >= 4 is 40.8 Å². The van der Waals surface area contributed by atoms with Gasteiger partial charge in [0.25, 0.3) is 0 Å². The lowest BCUT2D eigenvalue weighted by atomic mass is 10.2. The Morgan fingerprint density at radius 2 is 2.00 bits per heavy atom. The molecule has 0 bridgehead atoms. The number of hydrogen-bond donors (Lipinski definition) is 2. The fraction of sp³-hybridized carbons (Fsp3) is 0.182. The summed E-state index contributed by atoms with van der Waals surface area (Å²) in [7, 11) is 0. The minimum absolute atomic E-state index is 0.0661. The molecule has 0 unspecified atom stereocenters. The normalized spacial score (nSPS) is 11.4. The van der Waals surface area contributed by atoms with E-state index < -0.39 is 10.4 Å². The topological polar surface area (TPSA) is 76.7 Å². The van der Waals surface area contributed by atoms with E-state index >= 15 is 0 Å². The van der Waals surface area contributed by atoms with Crippen molar-refractivity contribution in [2.24, 2.45) is 0 Å². The standard InChI is InChI=1S/C11H10Cl2FN5/c1-6-3-2-4-7(5-6)16-10-18-8(11(12,13)14)17-9(15)19-10/h2-5H,1H3,(H3,15,16,17,18,19). The van der Waals surface area contributed by atoms with Crippen LogP contribution >= 0.6 is 23.2 Å². The van der Waals surface area contributed by atoms with E-state index in [1.165, 1.54) is 0 Å². The molecule has 0 radical (unpaired) electrons. The van der Waals surface area contributed by atoms with Crippen molar-refractivity contribution in [3.05, 3.63) is 35.7 Å². The van der Waals surface area contributed by atoms with Crippen molar-refractivity contribution in [1.82, 2.24) is 15.0 Å². The van der Waals surface area contributed by atoms with Crippen LogP contribution in [0.25, 0.3) is 0 Å². The molecule has 19 heavy (non-hydrogen) atoms. The lowest BCUT2D eigenvalue weighted by Gasteiger charge is -2.11. The number of aryl methyl sites for hydroxylation is 1. The van der Waals surface area contributed by atoms with E-state index in [1.807, 2.05) is 25.1 Å². The van der Waals surface area contributed by atoms with E-state index in [2.05, 4.69) is 20.3 Å². The first-order valence-electron chi connectivity index (χ1n) is 5.27. The highest BCUT2D eigenvalue weighted by Gasteiger charge is 2.30. The first-order chi connectivity index (χ1) is 8.84. The molecule has 1 aromatic carbocycles. The van der Waals surface area contributed by atoms with E-state index in [9.17, 15) is 4.39 Å². The van der Waals surface area contributed by atoms with Crippen LogP contribution in [0.4, 0.5) is 22.0 Å². The molecule has 5 nitrogen and oxygen atoms in total. The first-order valence-corrected chi connectivity index (χ1v) is 6.02. The third-order valence-corrected chi connectivity index (χ3v) is 2.52. The van der Waals surface area contributed by atoms with Crippen molar-refractivity contribution in [2.75, 3.05) is 11.1 Å². The Morgan fingerprint density at radius 3 is 2.63 bits per heavy atom. The summed E-state index contributed by atoms with van der Waals surface area (Å²) in [6, 6.07) is 7.45. The number of nitrogens with one attached hydrogen (secondary N) is 1. The summed E-state index contributed by atoms with van der Waals surface area (Å²) < 4.78 is 10.7. The van der Waals surface area contributed by atoms with Gasteiger partial charge >= 0.3 is 4.59 Å². The smallest absolute Gasteiger partial charge is 0.317 e. The molecule has 2 rings (SSSR count). The van der Waals surface area contributed by atoms with E-state index in [4.69, 9.17) is 28.9 Å². The Hall–Kier alpha value is -1.66. The molecule has 0 aliphatic heterocycles. The minimum atomic E-state index is -2.72. The van der Waals surface area contributed by atoms with Gasteiger partial charge in [-0.05, 0) is 24.6 Å². The fourth-order valence-electron chi connectivity index (χ4n) is 1.43. The van der Waals surface area contributed by atoms with Crippen LogP contribution in [0.5, 0.6) is 0 Å². The molecule has 0 amide bonds. The highest BCUT2D eigenvalue weighted by atomic mass is 35.5. The fourth-order valence-corrected chi connectivity index (χ4v) is 1.60. The average Bonchev–Trinajstić information content (AvgIpc) is 2.26. The molecule has 0 atom stereocenters. The van der Waals surface area contributed by atoms with Crippen LogP contribution in [-0.2, 0) is 4.59 Å². The predicted octanol–water partition coefficient (Wildman–Crippen LogP) is 3.06. The Balaban J connectivity index is 2.33. The van der Waals surface area contributed by atoms with Gasteiger partial charge in [-0.25, -0.2) is 0 Å². The van der Waals surface area contributed by atoms with E-state index in [0.717, 1.165) is 11.3 Å². The maximum absolute atomic E-state index is 13.4. The number of hydrogen-bond acceptors (Lipinski definition) is 5. The molecule has 2 aromatic rings. The van der Waals surface area contributed by atoms with Gasteiger partial charge in [-0.1, -0.05) is 35.3 Å². The van der Waals surface area contributed by atoms with Gasteiger partial charge in [0.2, 0.25) is 17.7 Å². The highest BCUT2D eigenvalue weighted by molar-refractivity contribution is 6.46. The van der Waals surface area contributed by atoms with Crippen molar-refractivity contribution in [2.45, 2.75) is 11.5 Å². The van der Waals surface area contributed by atoms with E-state index in [0.29, 0.717) is 0 Å². The number of nitrogens with zero attached hydrogens (tertiary/aromatic N) is 3. The number of rotatable bonds is 3. The lowest BCUT2D eigenvalue weighted by Crippen LogP contribution is -2.13. The zero-order valence-corrected chi connectivity index (χ0v) is 11.4. The summed E-state index contributed by atoms with van der Waals surface area (Å²) in [5.41, 5.74) is 7.22. The average molecular weight is 302 g/mol. The van der Waals surface area contributed by atoms with Crippen LogP contribution in [0.15, 0.2) is 24.3 Å². The number of halogens is 3. The Labute approximate surface area is 119 Å². The van der Waals surface area contributed by atoms with Crippen LogP contribution in [0.3, 0.4) is 0 Å². The van der Waals surface area contributed by atoms with Crippen molar-refractivity contribution in [3.8, 4) is 0 Å². The summed E-state index contributed by atoms with van der Waals surface area (Å²) in [5.74, 6) is -0.571. The quantitative estimate of drug-likeness (QED) is 0.852. The van der Waals surface area contributed by atoms with Crippen LogP contribution in [0.1, 0.15) is 11.4 Å². The van der Waals surface area contributed by atoms with Crippen molar-refractivity contribution in [3.63, 3.8) is 0 Å². The van der Waals surface area contributed by atoms with Crippen LogP contribution in [0.2, 0.25) is 0 Å². The Bertz CT molecular complexity index is 600. The largest absolute Gasteiger partial charge is 0.368 e. The zero-order chi connectivity index (χ0) is 14.0. The second kappa shape index (κ2) is 5.14. The van der Waals surface area contributed by atoms with Crippen LogP contribution in [-0.4, -0.2) is 15.0 Å². The number of nitrogens with two attached hydrogens (primary N) is 1. The summed E-state index contributed by atoms with van der Waals surface area (Å²) >= 11 is 10.6. The summed E-state index contributed by atoms with van der Waals surface area (Å²) in [5, 5.41) is 2.87. The third-order valence-electron chi connectivity index (χ3n) is 2.18.